The van der Waals surface area contributed by atoms with Crippen LogP contribution in [-0.4, -0.2) is 29.3 Å². The first-order chi connectivity index (χ1) is 8.31. The van der Waals surface area contributed by atoms with Crippen LogP contribution in [0.2, 0.25) is 0 Å². The van der Waals surface area contributed by atoms with Crippen LogP contribution in [0.15, 0.2) is 18.3 Å². The summed E-state index contributed by atoms with van der Waals surface area (Å²) >= 11 is 0. The van der Waals surface area contributed by atoms with Gasteiger partial charge in [0.05, 0.1) is 13.2 Å². The molecule has 0 saturated heterocycles. The minimum Gasteiger partial charge on any atom is -0.481 e. The minimum absolute atomic E-state index is 0.202. The van der Waals surface area contributed by atoms with E-state index in [1.807, 2.05) is 12.1 Å². The van der Waals surface area contributed by atoms with Crippen molar-refractivity contribution in [2.24, 2.45) is 0 Å². The fraction of sp³-hybridized carbons (Fsp3) is 0.615. The van der Waals surface area contributed by atoms with E-state index in [0.29, 0.717) is 12.4 Å². The van der Waals surface area contributed by atoms with E-state index in [1.54, 1.807) is 13.3 Å². The van der Waals surface area contributed by atoms with Crippen molar-refractivity contribution < 1.29 is 9.84 Å². The predicted octanol–water partition coefficient (Wildman–Crippen LogP) is 1.48. The zero-order valence-corrected chi connectivity index (χ0v) is 10.2. The highest BCUT2D eigenvalue weighted by Crippen LogP contribution is 2.20. The van der Waals surface area contributed by atoms with Gasteiger partial charge in [0, 0.05) is 24.3 Å². The first-order valence-corrected chi connectivity index (χ1v) is 6.20. The van der Waals surface area contributed by atoms with Crippen molar-refractivity contribution in [3.63, 3.8) is 0 Å². The Kier molecular flexibility index (Phi) is 4.34. The average Bonchev–Trinajstić information content (AvgIpc) is 2.38. The third-order valence-electron chi connectivity index (χ3n) is 3.33. The molecule has 4 nitrogen and oxygen atoms in total. The SMILES string of the molecule is COc1ncccc1CNC1CCCCC1O. The van der Waals surface area contributed by atoms with Crippen molar-refractivity contribution in [3.05, 3.63) is 23.9 Å². The van der Waals surface area contributed by atoms with Crippen LogP contribution in [0, 0.1) is 0 Å². The first kappa shape index (κ1) is 12.3. The monoisotopic (exact) mass is 236 g/mol. The highest BCUT2D eigenvalue weighted by atomic mass is 16.5. The maximum absolute atomic E-state index is 9.86. The molecule has 0 amide bonds. The van der Waals surface area contributed by atoms with Crippen LogP contribution in [0.25, 0.3) is 0 Å². The summed E-state index contributed by atoms with van der Waals surface area (Å²) in [6, 6.07) is 4.10. The standard InChI is InChI=1S/C13H20N2O2/c1-17-13-10(5-4-8-14-13)9-15-11-6-2-3-7-12(11)16/h4-5,8,11-12,15-16H,2-3,6-7,9H2,1H3. The lowest BCUT2D eigenvalue weighted by molar-refractivity contribution is 0.0901. The molecule has 4 heteroatoms. The summed E-state index contributed by atoms with van der Waals surface area (Å²) < 4.78 is 5.20. The van der Waals surface area contributed by atoms with E-state index in [4.69, 9.17) is 4.74 Å². The molecule has 1 aromatic rings. The van der Waals surface area contributed by atoms with E-state index in [0.717, 1.165) is 24.8 Å². The van der Waals surface area contributed by atoms with Crippen molar-refractivity contribution in [1.82, 2.24) is 10.3 Å². The van der Waals surface area contributed by atoms with Crippen molar-refractivity contribution in [3.8, 4) is 5.88 Å². The minimum atomic E-state index is -0.216. The van der Waals surface area contributed by atoms with Crippen LogP contribution in [0.3, 0.4) is 0 Å². The molecular formula is C13H20N2O2. The molecule has 17 heavy (non-hydrogen) atoms. The summed E-state index contributed by atoms with van der Waals surface area (Å²) in [7, 11) is 1.63. The van der Waals surface area contributed by atoms with Crippen molar-refractivity contribution in [2.75, 3.05) is 7.11 Å². The second kappa shape index (κ2) is 5.98. The molecule has 0 aromatic carbocycles. The van der Waals surface area contributed by atoms with Crippen LogP contribution in [0.5, 0.6) is 5.88 Å². The number of nitrogens with one attached hydrogen (secondary N) is 1. The van der Waals surface area contributed by atoms with Gasteiger partial charge in [-0.05, 0) is 18.9 Å². The summed E-state index contributed by atoms with van der Waals surface area (Å²) in [6.07, 6.45) is 5.78. The number of hydrogen-bond acceptors (Lipinski definition) is 4. The van der Waals surface area contributed by atoms with Gasteiger partial charge in [-0.3, -0.25) is 0 Å². The number of aliphatic hydroxyl groups excluding tert-OH is 1. The number of nitrogens with zero attached hydrogens (tertiary/aromatic N) is 1. The lowest BCUT2D eigenvalue weighted by Gasteiger charge is -2.28. The number of ether oxygens (including phenoxy) is 1. The van der Waals surface area contributed by atoms with Crippen molar-refractivity contribution in [2.45, 2.75) is 44.4 Å². The molecule has 1 saturated carbocycles. The second-order valence-electron chi connectivity index (χ2n) is 4.51. The molecule has 0 spiro atoms. The first-order valence-electron chi connectivity index (χ1n) is 6.20. The van der Waals surface area contributed by atoms with Crippen molar-refractivity contribution >= 4 is 0 Å². The highest BCUT2D eigenvalue weighted by molar-refractivity contribution is 5.25. The quantitative estimate of drug-likeness (QED) is 0.831. The molecule has 2 unspecified atom stereocenters. The van der Waals surface area contributed by atoms with Gasteiger partial charge >= 0.3 is 0 Å². The normalized spacial score (nSPS) is 24.6. The molecular weight excluding hydrogens is 216 g/mol. The Morgan fingerprint density at radius 3 is 3.06 bits per heavy atom. The average molecular weight is 236 g/mol. The summed E-state index contributed by atoms with van der Waals surface area (Å²) in [4.78, 5) is 4.16. The van der Waals surface area contributed by atoms with Gasteiger partial charge in [0.25, 0.3) is 0 Å². The number of aromatic nitrogens is 1. The van der Waals surface area contributed by atoms with Crippen LogP contribution < -0.4 is 10.1 Å². The van der Waals surface area contributed by atoms with Crippen LogP contribution in [0.4, 0.5) is 0 Å². The smallest absolute Gasteiger partial charge is 0.217 e. The van der Waals surface area contributed by atoms with Gasteiger partial charge in [-0.25, -0.2) is 4.98 Å². The third kappa shape index (κ3) is 3.17. The lowest BCUT2D eigenvalue weighted by atomic mass is 9.92. The van der Waals surface area contributed by atoms with Gasteiger partial charge < -0.3 is 15.2 Å². The number of aliphatic hydroxyl groups is 1. The number of rotatable bonds is 4. The zero-order chi connectivity index (χ0) is 12.1. The molecule has 1 aliphatic rings. The molecule has 1 fully saturated rings. The van der Waals surface area contributed by atoms with E-state index in [9.17, 15) is 5.11 Å². The van der Waals surface area contributed by atoms with E-state index in [1.165, 1.54) is 6.42 Å². The fourth-order valence-corrected chi connectivity index (χ4v) is 2.33. The number of pyridine rings is 1. The fourth-order valence-electron chi connectivity index (χ4n) is 2.33. The van der Waals surface area contributed by atoms with Crippen LogP contribution in [-0.2, 0) is 6.54 Å². The summed E-state index contributed by atoms with van der Waals surface area (Å²) in [5, 5.41) is 13.3. The molecule has 1 heterocycles. The molecule has 2 rings (SSSR count). The van der Waals surface area contributed by atoms with Crippen molar-refractivity contribution in [1.29, 1.82) is 0 Å². The Labute approximate surface area is 102 Å². The molecule has 2 atom stereocenters. The lowest BCUT2D eigenvalue weighted by Crippen LogP contribution is -2.41. The summed E-state index contributed by atoms with van der Waals surface area (Å²) in [5.41, 5.74) is 1.03. The predicted molar refractivity (Wildman–Crippen MR) is 65.9 cm³/mol. The van der Waals surface area contributed by atoms with Crippen LogP contribution in [0.1, 0.15) is 31.2 Å². The van der Waals surface area contributed by atoms with E-state index in [2.05, 4.69) is 10.3 Å². The molecule has 2 N–H and O–H groups in total. The van der Waals surface area contributed by atoms with E-state index < -0.39 is 0 Å². The van der Waals surface area contributed by atoms with Gasteiger partial charge in [-0.15, -0.1) is 0 Å². The Morgan fingerprint density at radius 2 is 2.29 bits per heavy atom. The molecule has 94 valence electrons. The topological polar surface area (TPSA) is 54.4 Å². The molecule has 1 aliphatic carbocycles. The van der Waals surface area contributed by atoms with Gasteiger partial charge in [-0.2, -0.15) is 0 Å². The van der Waals surface area contributed by atoms with Crippen LogP contribution >= 0.6 is 0 Å². The zero-order valence-electron chi connectivity index (χ0n) is 10.2. The Bertz CT molecular complexity index is 357. The molecule has 1 aromatic heterocycles. The second-order valence-corrected chi connectivity index (χ2v) is 4.51. The van der Waals surface area contributed by atoms with E-state index in [-0.39, 0.29) is 12.1 Å². The number of hydrogen-bond donors (Lipinski definition) is 2. The molecule has 0 aliphatic heterocycles. The maximum Gasteiger partial charge on any atom is 0.217 e. The van der Waals surface area contributed by atoms with E-state index >= 15 is 0 Å². The van der Waals surface area contributed by atoms with Gasteiger partial charge in [-0.1, -0.05) is 18.9 Å². The van der Waals surface area contributed by atoms with Gasteiger partial charge in [0.1, 0.15) is 0 Å². The summed E-state index contributed by atoms with van der Waals surface area (Å²) in [6.45, 7) is 0.693. The summed E-state index contributed by atoms with van der Waals surface area (Å²) in [5.74, 6) is 0.658. The Hall–Kier alpha value is -1.13. The third-order valence-corrected chi connectivity index (χ3v) is 3.33. The van der Waals surface area contributed by atoms with Gasteiger partial charge in [0.2, 0.25) is 5.88 Å². The Balaban J connectivity index is 1.92. The highest BCUT2D eigenvalue weighted by Gasteiger charge is 2.22. The largest absolute Gasteiger partial charge is 0.481 e. The molecule has 0 radical (unpaired) electrons. The maximum atomic E-state index is 9.86. The number of methoxy groups -OCH3 is 1. The van der Waals surface area contributed by atoms with Gasteiger partial charge in [0.15, 0.2) is 0 Å². The molecule has 0 bridgehead atoms. The Morgan fingerprint density at radius 1 is 1.47 bits per heavy atom.